The Morgan fingerprint density at radius 1 is 0.886 bits per heavy atom. The van der Waals surface area contributed by atoms with E-state index in [1.165, 1.54) is 0 Å². The lowest BCUT2D eigenvalue weighted by molar-refractivity contribution is -0.139. The van der Waals surface area contributed by atoms with Crippen LogP contribution in [-0.2, 0) is 28.8 Å². The van der Waals surface area contributed by atoms with Crippen molar-refractivity contribution in [3.05, 3.63) is 0 Å². The number of primary amides is 1. The predicted molar refractivity (Wildman–Crippen MR) is 131 cm³/mol. The highest BCUT2D eigenvalue weighted by molar-refractivity contribution is 5.89. The fourth-order valence-electron chi connectivity index (χ4n) is 2.84. The second kappa shape index (κ2) is 17.4. The van der Waals surface area contributed by atoms with Crippen molar-refractivity contribution in [1.29, 1.82) is 0 Å². The van der Waals surface area contributed by atoms with Gasteiger partial charge in [-0.3, -0.25) is 24.0 Å². The van der Waals surface area contributed by atoms with E-state index in [2.05, 4.69) is 16.0 Å². The monoisotopic (exact) mass is 501 g/mol. The minimum Gasteiger partial charge on any atom is -0.481 e. The molecule has 4 amide bonds. The Morgan fingerprint density at radius 2 is 1.37 bits per heavy atom. The second-order valence-electron chi connectivity index (χ2n) is 9.49. The van der Waals surface area contributed by atoms with Gasteiger partial charge in [-0.25, -0.2) is 0 Å². The van der Waals surface area contributed by atoms with Gasteiger partial charge in [-0.15, -0.1) is 0 Å². The number of carboxylic acid groups (broad SMARTS) is 1. The molecule has 0 aromatic heterocycles. The average molecular weight is 502 g/mol. The lowest BCUT2D eigenvalue weighted by atomic mass is 9.97. The smallest absolute Gasteiger partial charge is 0.303 e. The summed E-state index contributed by atoms with van der Waals surface area (Å²) in [7, 11) is 0. The number of aliphatic carboxylic acids is 1. The van der Waals surface area contributed by atoms with Crippen LogP contribution in [-0.4, -0.2) is 65.2 Å². The van der Waals surface area contributed by atoms with Crippen LogP contribution in [0.1, 0.15) is 73.6 Å². The number of hydrogen-bond acceptors (Lipinski definition) is 7. The topological polar surface area (TPSA) is 211 Å². The molecule has 202 valence electrons. The first-order chi connectivity index (χ1) is 16.1. The number of carbonyl (C=O) groups is 6. The van der Waals surface area contributed by atoms with Crippen molar-refractivity contribution in [3.63, 3.8) is 0 Å². The maximum atomic E-state index is 12.2. The molecule has 8 N–H and O–H groups in total. The maximum Gasteiger partial charge on any atom is 0.303 e. The maximum absolute atomic E-state index is 12.2. The zero-order chi connectivity index (χ0) is 27.8. The standard InChI is InChI=1S/C14H27N3O3.C9H16N2O4/c1-10(2)12(16-11(19)6-5-9-18)13(20)17-14(3,4)7-8-15;1-5(2)8(9(10)15)11-6(12)3-4-7(13)14/h9-10,12H,5-8,15H2,1-4H3,(H,16,19)(H,17,20);5,8H,3-4H2,1-2H3,(H2,10,15)(H,11,12)(H,13,14). The van der Waals surface area contributed by atoms with Crippen LogP contribution < -0.4 is 27.4 Å². The molecule has 0 spiro atoms. The first-order valence-electron chi connectivity index (χ1n) is 11.6. The van der Waals surface area contributed by atoms with Crippen molar-refractivity contribution in [1.82, 2.24) is 16.0 Å². The van der Waals surface area contributed by atoms with Gasteiger partial charge >= 0.3 is 5.97 Å². The van der Waals surface area contributed by atoms with Crippen molar-refractivity contribution in [2.24, 2.45) is 23.3 Å². The number of carboxylic acids is 1. The normalized spacial score (nSPS) is 12.6. The van der Waals surface area contributed by atoms with Gasteiger partial charge < -0.3 is 37.3 Å². The summed E-state index contributed by atoms with van der Waals surface area (Å²) in [5.41, 5.74) is 10.2. The van der Waals surface area contributed by atoms with Gasteiger partial charge in [-0.1, -0.05) is 27.7 Å². The molecule has 0 fully saturated rings. The van der Waals surface area contributed by atoms with Gasteiger partial charge in [0, 0.05) is 24.8 Å². The molecule has 0 radical (unpaired) electrons. The molecular formula is C23H43N5O7. The van der Waals surface area contributed by atoms with Gasteiger partial charge in [-0.2, -0.15) is 0 Å². The lowest BCUT2D eigenvalue weighted by Gasteiger charge is -2.30. The molecule has 0 rings (SSSR count). The summed E-state index contributed by atoms with van der Waals surface area (Å²) in [6.45, 7) is 11.5. The number of nitrogens with one attached hydrogen (secondary N) is 3. The summed E-state index contributed by atoms with van der Waals surface area (Å²) in [5.74, 6) is -2.81. The van der Waals surface area contributed by atoms with E-state index >= 15 is 0 Å². The van der Waals surface area contributed by atoms with E-state index in [1.54, 1.807) is 13.8 Å². The van der Waals surface area contributed by atoms with Crippen LogP contribution in [0.4, 0.5) is 0 Å². The molecule has 0 bridgehead atoms. The number of rotatable bonds is 15. The molecule has 0 aliphatic heterocycles. The van der Waals surface area contributed by atoms with Crippen molar-refractivity contribution in [2.45, 2.75) is 91.3 Å². The van der Waals surface area contributed by atoms with Gasteiger partial charge in [-0.05, 0) is 38.6 Å². The summed E-state index contributed by atoms with van der Waals surface area (Å²) in [6.07, 6.45) is 1.21. The van der Waals surface area contributed by atoms with Gasteiger partial charge in [0.15, 0.2) is 0 Å². The summed E-state index contributed by atoms with van der Waals surface area (Å²) >= 11 is 0. The number of hydrogen-bond donors (Lipinski definition) is 6. The van der Waals surface area contributed by atoms with Crippen LogP contribution in [0.15, 0.2) is 0 Å². The zero-order valence-electron chi connectivity index (χ0n) is 21.7. The molecule has 0 heterocycles. The van der Waals surface area contributed by atoms with Gasteiger partial charge in [0.05, 0.1) is 6.42 Å². The fraction of sp³-hybridized carbons (Fsp3) is 0.739. The molecule has 0 saturated heterocycles. The van der Waals surface area contributed by atoms with E-state index in [1.807, 2.05) is 27.7 Å². The Kier molecular flexibility index (Phi) is 17.0. The second-order valence-corrected chi connectivity index (χ2v) is 9.49. The molecule has 12 heteroatoms. The van der Waals surface area contributed by atoms with E-state index in [-0.39, 0.29) is 49.3 Å². The number of carbonyl (C=O) groups excluding carboxylic acids is 5. The van der Waals surface area contributed by atoms with E-state index in [0.717, 1.165) is 0 Å². The van der Waals surface area contributed by atoms with E-state index in [0.29, 0.717) is 19.3 Å². The molecule has 0 aromatic rings. The summed E-state index contributed by atoms with van der Waals surface area (Å²) in [6, 6.07) is -1.35. The third-order valence-electron chi connectivity index (χ3n) is 4.84. The molecule has 0 aliphatic carbocycles. The van der Waals surface area contributed by atoms with Crippen LogP contribution in [0.3, 0.4) is 0 Å². The minimum absolute atomic E-state index is 0.0381. The molecule has 0 aliphatic rings. The Labute approximate surface area is 207 Å². The third-order valence-corrected chi connectivity index (χ3v) is 4.84. The van der Waals surface area contributed by atoms with Crippen LogP contribution in [0, 0.1) is 11.8 Å². The predicted octanol–water partition coefficient (Wildman–Crippen LogP) is -0.173. The van der Waals surface area contributed by atoms with E-state index in [9.17, 15) is 28.8 Å². The molecule has 35 heavy (non-hydrogen) atoms. The van der Waals surface area contributed by atoms with Crippen LogP contribution in [0.2, 0.25) is 0 Å². The molecule has 0 aromatic carbocycles. The van der Waals surface area contributed by atoms with Crippen molar-refractivity contribution in [2.75, 3.05) is 6.54 Å². The fourth-order valence-corrected chi connectivity index (χ4v) is 2.84. The highest BCUT2D eigenvalue weighted by Crippen LogP contribution is 2.10. The largest absolute Gasteiger partial charge is 0.481 e. The van der Waals surface area contributed by atoms with Gasteiger partial charge in [0.2, 0.25) is 23.6 Å². The first kappa shape index (κ1) is 34.1. The molecule has 2 unspecified atom stereocenters. The highest BCUT2D eigenvalue weighted by Gasteiger charge is 2.28. The van der Waals surface area contributed by atoms with Crippen LogP contribution >= 0.6 is 0 Å². The quantitative estimate of drug-likeness (QED) is 0.165. The van der Waals surface area contributed by atoms with E-state index < -0.39 is 35.4 Å². The van der Waals surface area contributed by atoms with Crippen molar-refractivity contribution < 1.29 is 33.9 Å². The Balaban J connectivity index is 0. The van der Waals surface area contributed by atoms with Crippen molar-refractivity contribution in [3.8, 4) is 0 Å². The SMILES string of the molecule is CC(C)C(NC(=O)CCC(=O)O)C(N)=O.CC(C)C(NC(=O)CCC=O)C(=O)NC(C)(C)CCN. The van der Waals surface area contributed by atoms with Gasteiger partial charge in [0.25, 0.3) is 0 Å². The zero-order valence-corrected chi connectivity index (χ0v) is 21.7. The van der Waals surface area contributed by atoms with E-state index in [4.69, 9.17) is 16.6 Å². The van der Waals surface area contributed by atoms with Crippen LogP contribution in [0.25, 0.3) is 0 Å². The molecular weight excluding hydrogens is 458 g/mol. The third kappa shape index (κ3) is 17.1. The lowest BCUT2D eigenvalue weighted by Crippen LogP contribution is -2.55. The average Bonchev–Trinajstić information content (AvgIpc) is 2.72. The first-order valence-corrected chi connectivity index (χ1v) is 11.6. The summed E-state index contributed by atoms with van der Waals surface area (Å²) in [4.78, 5) is 66.4. The molecule has 0 saturated carbocycles. The Morgan fingerprint density at radius 3 is 1.77 bits per heavy atom. The Bertz CT molecular complexity index is 723. The molecule has 12 nitrogen and oxygen atoms in total. The number of amides is 4. The van der Waals surface area contributed by atoms with Crippen LogP contribution in [0.5, 0.6) is 0 Å². The Hall–Kier alpha value is -3.02. The molecule has 2 atom stereocenters. The highest BCUT2D eigenvalue weighted by atomic mass is 16.4. The summed E-state index contributed by atoms with van der Waals surface area (Å²) in [5, 5.41) is 16.3. The number of aldehydes is 1. The van der Waals surface area contributed by atoms with Crippen molar-refractivity contribution >= 4 is 35.9 Å². The summed E-state index contributed by atoms with van der Waals surface area (Å²) < 4.78 is 0. The number of nitrogens with two attached hydrogens (primary N) is 2. The van der Waals surface area contributed by atoms with Gasteiger partial charge in [0.1, 0.15) is 18.4 Å². The minimum atomic E-state index is -1.05.